The molecule has 0 fully saturated rings. The van der Waals surface area contributed by atoms with Gasteiger partial charge in [-0.2, -0.15) is 5.10 Å². The second kappa shape index (κ2) is 4.35. The zero-order chi connectivity index (χ0) is 10.7. The van der Waals surface area contributed by atoms with Gasteiger partial charge in [0.25, 0.3) is 5.91 Å². The van der Waals surface area contributed by atoms with Gasteiger partial charge in [-0.1, -0.05) is 23.9 Å². The lowest BCUT2D eigenvalue weighted by Crippen LogP contribution is -2.26. The maximum absolute atomic E-state index is 10.9. The van der Waals surface area contributed by atoms with E-state index in [-0.39, 0.29) is 5.91 Å². The summed E-state index contributed by atoms with van der Waals surface area (Å²) in [5.41, 5.74) is 3.41. The zero-order valence-electron chi connectivity index (χ0n) is 8.19. The van der Waals surface area contributed by atoms with Crippen LogP contribution in [0.25, 0.3) is 0 Å². The number of carbonyl (C=O) groups is 1. The molecule has 1 amide bonds. The molecule has 0 saturated carbocycles. The van der Waals surface area contributed by atoms with E-state index in [4.69, 9.17) is 4.74 Å². The number of rotatable bonds is 2. The predicted molar refractivity (Wildman–Crippen MR) is 60.1 cm³/mol. The topological polar surface area (TPSA) is 50.7 Å². The third-order valence-corrected chi connectivity index (χ3v) is 2.95. The molecular formula is C10H10N2O2S. The van der Waals surface area contributed by atoms with Crippen LogP contribution in [-0.2, 0) is 4.79 Å². The van der Waals surface area contributed by atoms with Crippen LogP contribution in [0.1, 0.15) is 5.56 Å². The second-order valence-corrected chi connectivity index (χ2v) is 3.94. The van der Waals surface area contributed by atoms with E-state index in [0.717, 1.165) is 16.4 Å². The quantitative estimate of drug-likeness (QED) is 0.818. The summed E-state index contributed by atoms with van der Waals surface area (Å²) in [5.74, 6) is 1.13. The summed E-state index contributed by atoms with van der Waals surface area (Å²) in [5, 5.41) is 4.79. The molecule has 15 heavy (non-hydrogen) atoms. The first-order chi connectivity index (χ1) is 7.29. The molecule has 4 nitrogen and oxygen atoms in total. The van der Waals surface area contributed by atoms with Crippen molar-refractivity contribution in [1.29, 1.82) is 0 Å². The van der Waals surface area contributed by atoms with Crippen molar-refractivity contribution >= 4 is 22.7 Å². The second-order valence-electron chi connectivity index (χ2n) is 2.97. The van der Waals surface area contributed by atoms with E-state index < -0.39 is 0 Å². The van der Waals surface area contributed by atoms with Gasteiger partial charge in [-0.15, -0.1) is 0 Å². The first-order valence-electron chi connectivity index (χ1n) is 4.43. The number of thioether (sulfide) groups is 1. The van der Waals surface area contributed by atoms with Crippen LogP contribution in [0.5, 0.6) is 5.75 Å². The summed E-state index contributed by atoms with van der Waals surface area (Å²) in [6, 6.07) is 7.60. The van der Waals surface area contributed by atoms with Crippen molar-refractivity contribution in [3.63, 3.8) is 0 Å². The molecule has 1 heterocycles. The van der Waals surface area contributed by atoms with Crippen LogP contribution >= 0.6 is 11.8 Å². The largest absolute Gasteiger partial charge is 0.497 e. The summed E-state index contributed by atoms with van der Waals surface area (Å²) < 4.78 is 5.12. The minimum absolute atomic E-state index is 0.0633. The number of hydrogen-bond acceptors (Lipinski definition) is 4. The number of amides is 1. The molecule has 0 atom stereocenters. The molecule has 5 heteroatoms. The van der Waals surface area contributed by atoms with Crippen LogP contribution < -0.4 is 10.2 Å². The van der Waals surface area contributed by atoms with Gasteiger partial charge in [-0.25, -0.2) is 5.43 Å². The number of nitrogens with zero attached hydrogens (tertiary/aromatic N) is 1. The van der Waals surface area contributed by atoms with Crippen LogP contribution in [0.3, 0.4) is 0 Å². The smallest absolute Gasteiger partial charge is 0.250 e. The molecular weight excluding hydrogens is 212 g/mol. The highest BCUT2D eigenvalue weighted by Crippen LogP contribution is 2.20. The van der Waals surface area contributed by atoms with Crippen molar-refractivity contribution in [3.8, 4) is 5.75 Å². The summed E-state index contributed by atoms with van der Waals surface area (Å²) in [4.78, 5) is 10.9. The molecule has 0 bridgehead atoms. The third kappa shape index (κ3) is 2.30. The fraction of sp³-hybridized carbons (Fsp3) is 0.200. The maximum atomic E-state index is 10.9. The molecule has 1 aromatic carbocycles. The Balaban J connectivity index is 2.25. The normalized spacial score (nSPS) is 15.5. The summed E-state index contributed by atoms with van der Waals surface area (Å²) in [7, 11) is 1.62. The minimum Gasteiger partial charge on any atom is -0.497 e. The van der Waals surface area contributed by atoms with Gasteiger partial charge < -0.3 is 4.74 Å². The van der Waals surface area contributed by atoms with E-state index >= 15 is 0 Å². The number of carbonyl (C=O) groups excluding carboxylic acids is 1. The number of benzene rings is 1. The number of ether oxygens (including phenoxy) is 1. The number of hydrazone groups is 1. The molecule has 0 radical (unpaired) electrons. The van der Waals surface area contributed by atoms with E-state index in [1.54, 1.807) is 7.11 Å². The van der Waals surface area contributed by atoms with Crippen LogP contribution in [-0.4, -0.2) is 23.8 Å². The maximum Gasteiger partial charge on any atom is 0.250 e. The van der Waals surface area contributed by atoms with E-state index in [2.05, 4.69) is 10.5 Å². The van der Waals surface area contributed by atoms with Crippen LogP contribution in [0.4, 0.5) is 0 Å². The molecule has 1 aliphatic rings. The van der Waals surface area contributed by atoms with Crippen molar-refractivity contribution in [2.75, 3.05) is 12.9 Å². The van der Waals surface area contributed by atoms with Gasteiger partial charge in [0.15, 0.2) is 0 Å². The Morgan fingerprint density at radius 3 is 3.07 bits per heavy atom. The summed E-state index contributed by atoms with van der Waals surface area (Å²) in [6.07, 6.45) is 0. The fourth-order valence-electron chi connectivity index (χ4n) is 1.22. The van der Waals surface area contributed by atoms with Crippen LogP contribution in [0.2, 0.25) is 0 Å². The van der Waals surface area contributed by atoms with E-state index in [1.807, 2.05) is 24.3 Å². The highest BCUT2D eigenvalue weighted by molar-refractivity contribution is 8.15. The van der Waals surface area contributed by atoms with Crippen molar-refractivity contribution in [2.45, 2.75) is 0 Å². The van der Waals surface area contributed by atoms with Crippen molar-refractivity contribution in [3.05, 3.63) is 29.8 Å². The summed E-state index contributed by atoms with van der Waals surface area (Å²) in [6.45, 7) is 0. The Morgan fingerprint density at radius 1 is 1.53 bits per heavy atom. The number of nitrogens with one attached hydrogen (secondary N) is 1. The van der Waals surface area contributed by atoms with Gasteiger partial charge in [0.05, 0.1) is 12.9 Å². The Morgan fingerprint density at radius 2 is 2.40 bits per heavy atom. The molecule has 1 aliphatic heterocycles. The van der Waals surface area contributed by atoms with Crippen molar-refractivity contribution in [1.82, 2.24) is 5.43 Å². The van der Waals surface area contributed by atoms with Gasteiger partial charge in [0.1, 0.15) is 10.8 Å². The molecule has 1 N–H and O–H groups in total. The summed E-state index contributed by atoms with van der Waals surface area (Å²) >= 11 is 1.43. The molecule has 2 rings (SSSR count). The lowest BCUT2D eigenvalue weighted by atomic mass is 10.2. The van der Waals surface area contributed by atoms with E-state index in [1.165, 1.54) is 11.8 Å². The molecule has 0 aliphatic carbocycles. The Hall–Kier alpha value is -1.49. The first-order valence-corrected chi connectivity index (χ1v) is 5.42. The predicted octanol–water partition coefficient (Wildman–Crippen LogP) is 1.22. The van der Waals surface area contributed by atoms with Crippen molar-refractivity contribution in [2.24, 2.45) is 5.10 Å². The highest BCUT2D eigenvalue weighted by Gasteiger charge is 2.13. The monoisotopic (exact) mass is 222 g/mol. The average Bonchev–Trinajstić information content (AvgIpc) is 2.30. The Kier molecular flexibility index (Phi) is 2.91. The van der Waals surface area contributed by atoms with Gasteiger partial charge in [0.2, 0.25) is 0 Å². The van der Waals surface area contributed by atoms with Gasteiger partial charge in [0, 0.05) is 5.56 Å². The lowest BCUT2D eigenvalue weighted by Gasteiger charge is -2.11. The van der Waals surface area contributed by atoms with E-state index in [9.17, 15) is 4.79 Å². The molecule has 0 spiro atoms. The SMILES string of the molecule is COc1cccc(C2=NNC(=O)CS2)c1. The minimum atomic E-state index is -0.0633. The number of hydrogen-bond donors (Lipinski definition) is 1. The average molecular weight is 222 g/mol. The standard InChI is InChI=1S/C10H10N2O2S/c1-14-8-4-2-3-7(5-8)10-12-11-9(13)6-15-10/h2-5H,6H2,1H3,(H,11,13). The molecule has 78 valence electrons. The van der Waals surface area contributed by atoms with E-state index in [0.29, 0.717) is 5.75 Å². The van der Waals surface area contributed by atoms with Crippen LogP contribution in [0, 0.1) is 0 Å². The Bertz CT molecular complexity index is 418. The fourth-order valence-corrected chi connectivity index (χ4v) is 1.95. The zero-order valence-corrected chi connectivity index (χ0v) is 9.00. The van der Waals surface area contributed by atoms with Gasteiger partial charge >= 0.3 is 0 Å². The van der Waals surface area contributed by atoms with Crippen molar-refractivity contribution < 1.29 is 9.53 Å². The van der Waals surface area contributed by atoms with Gasteiger partial charge in [-0.3, -0.25) is 4.79 Å². The molecule has 0 aromatic heterocycles. The molecule has 1 aromatic rings. The Labute approximate surface area is 91.7 Å². The number of methoxy groups -OCH3 is 1. The first kappa shape index (κ1) is 10.0. The van der Waals surface area contributed by atoms with Crippen LogP contribution in [0.15, 0.2) is 29.4 Å². The van der Waals surface area contributed by atoms with Gasteiger partial charge in [-0.05, 0) is 12.1 Å². The molecule has 0 unspecified atom stereocenters. The highest BCUT2D eigenvalue weighted by atomic mass is 32.2. The third-order valence-electron chi connectivity index (χ3n) is 1.94. The lowest BCUT2D eigenvalue weighted by molar-refractivity contribution is -0.118. The molecule has 0 saturated heterocycles.